The molecule has 1 heterocycles. The second kappa shape index (κ2) is 4.99. The molecule has 19 heavy (non-hydrogen) atoms. The van der Waals surface area contributed by atoms with Gasteiger partial charge in [-0.15, -0.1) is 0 Å². The van der Waals surface area contributed by atoms with E-state index in [1.807, 2.05) is 6.07 Å². The number of benzene rings is 1. The molecule has 1 nitrogen and oxygen atoms in total. The molecule has 1 atom stereocenters. The van der Waals surface area contributed by atoms with Gasteiger partial charge in [-0.25, -0.2) is 4.39 Å². The van der Waals surface area contributed by atoms with Gasteiger partial charge in [0.05, 0.1) is 0 Å². The fourth-order valence-corrected chi connectivity index (χ4v) is 2.47. The van der Waals surface area contributed by atoms with E-state index in [1.165, 1.54) is 17.3 Å². The zero-order valence-corrected chi connectivity index (χ0v) is 12.6. The minimum Gasteiger partial charge on any atom is -0.358 e. The van der Waals surface area contributed by atoms with E-state index in [9.17, 15) is 4.39 Å². The Hall–Kier alpha value is -1.31. The fourth-order valence-electron chi connectivity index (χ4n) is 2.47. The molecule has 0 aliphatic carbocycles. The number of aromatic amines is 1. The average Bonchev–Trinajstić information content (AvgIpc) is 2.60. The Morgan fingerprint density at radius 2 is 1.95 bits per heavy atom. The predicted molar refractivity (Wildman–Crippen MR) is 79.9 cm³/mol. The quantitative estimate of drug-likeness (QED) is 0.778. The van der Waals surface area contributed by atoms with Gasteiger partial charge in [0.2, 0.25) is 0 Å². The Balaban J connectivity index is 2.25. The van der Waals surface area contributed by atoms with E-state index < -0.39 is 0 Å². The molecule has 0 radical (unpaired) electrons. The van der Waals surface area contributed by atoms with Crippen LogP contribution >= 0.6 is 0 Å². The molecule has 0 aliphatic heterocycles. The van der Waals surface area contributed by atoms with E-state index in [4.69, 9.17) is 0 Å². The van der Waals surface area contributed by atoms with Crippen molar-refractivity contribution in [3.05, 3.63) is 35.3 Å². The summed E-state index contributed by atoms with van der Waals surface area (Å²) in [4.78, 5) is 3.35. The maximum absolute atomic E-state index is 13.4. The highest BCUT2D eigenvalue weighted by Gasteiger charge is 2.20. The number of hydrogen-bond acceptors (Lipinski definition) is 0. The molecule has 1 unspecified atom stereocenters. The highest BCUT2D eigenvalue weighted by Crippen LogP contribution is 2.31. The van der Waals surface area contributed by atoms with Gasteiger partial charge in [-0.1, -0.05) is 27.7 Å². The first-order valence-corrected chi connectivity index (χ1v) is 7.05. The van der Waals surface area contributed by atoms with Crippen molar-refractivity contribution in [2.45, 2.75) is 47.5 Å². The first kappa shape index (κ1) is 14.1. The highest BCUT2D eigenvalue weighted by atomic mass is 19.1. The molecule has 1 aromatic carbocycles. The van der Waals surface area contributed by atoms with Crippen molar-refractivity contribution in [3.63, 3.8) is 0 Å². The van der Waals surface area contributed by atoms with Crippen molar-refractivity contribution < 1.29 is 4.39 Å². The molecule has 0 saturated carbocycles. The van der Waals surface area contributed by atoms with E-state index >= 15 is 0 Å². The molecule has 1 aromatic heterocycles. The van der Waals surface area contributed by atoms with Crippen molar-refractivity contribution in [1.82, 2.24) is 4.98 Å². The van der Waals surface area contributed by atoms with Crippen LogP contribution in [-0.2, 0) is 6.42 Å². The molecule has 2 heteroatoms. The Kier molecular flexibility index (Phi) is 3.71. The predicted octanol–water partition coefficient (Wildman–Crippen LogP) is 5.23. The Bertz CT molecular complexity index is 575. The van der Waals surface area contributed by atoms with Crippen molar-refractivity contribution in [1.29, 1.82) is 0 Å². The largest absolute Gasteiger partial charge is 0.358 e. The summed E-state index contributed by atoms with van der Waals surface area (Å²) in [7, 11) is 0. The number of aromatic nitrogens is 1. The van der Waals surface area contributed by atoms with Crippen LogP contribution in [0.25, 0.3) is 10.9 Å². The summed E-state index contributed by atoms with van der Waals surface area (Å²) in [5.41, 5.74) is 3.80. The fraction of sp³-hybridized carbons (Fsp3) is 0.529. The number of aryl methyl sites for hydroxylation is 2. The van der Waals surface area contributed by atoms with Crippen LogP contribution in [0.1, 0.15) is 45.4 Å². The third kappa shape index (κ3) is 2.99. The maximum Gasteiger partial charge on any atom is 0.123 e. The zero-order chi connectivity index (χ0) is 14.2. The molecular weight excluding hydrogens is 237 g/mol. The number of hydrogen-bond donors (Lipinski definition) is 1. The summed E-state index contributed by atoms with van der Waals surface area (Å²) in [6.07, 6.45) is 2.14. The highest BCUT2D eigenvalue weighted by molar-refractivity contribution is 5.84. The van der Waals surface area contributed by atoms with Crippen LogP contribution in [0.5, 0.6) is 0 Å². The van der Waals surface area contributed by atoms with Crippen LogP contribution in [0.4, 0.5) is 4.39 Å². The number of rotatable bonds is 3. The molecule has 0 fully saturated rings. The van der Waals surface area contributed by atoms with Gasteiger partial charge >= 0.3 is 0 Å². The van der Waals surface area contributed by atoms with Crippen molar-refractivity contribution in [3.8, 4) is 0 Å². The monoisotopic (exact) mass is 261 g/mol. The summed E-state index contributed by atoms with van der Waals surface area (Å²) in [6, 6.07) is 4.99. The van der Waals surface area contributed by atoms with Crippen molar-refractivity contribution in [2.75, 3.05) is 0 Å². The molecule has 2 rings (SSSR count). The molecule has 104 valence electrons. The lowest BCUT2D eigenvalue weighted by atomic mass is 9.79. The zero-order valence-electron chi connectivity index (χ0n) is 12.6. The van der Waals surface area contributed by atoms with Gasteiger partial charge < -0.3 is 4.98 Å². The van der Waals surface area contributed by atoms with Gasteiger partial charge in [-0.3, -0.25) is 0 Å². The first-order valence-electron chi connectivity index (χ1n) is 7.05. The topological polar surface area (TPSA) is 15.8 Å². The minimum atomic E-state index is -0.156. The van der Waals surface area contributed by atoms with Crippen LogP contribution < -0.4 is 0 Å². The van der Waals surface area contributed by atoms with Crippen LogP contribution in [0.2, 0.25) is 0 Å². The molecule has 0 spiro atoms. The maximum atomic E-state index is 13.4. The van der Waals surface area contributed by atoms with Crippen LogP contribution in [0, 0.1) is 24.1 Å². The number of fused-ring (bicyclic) bond motifs is 1. The van der Waals surface area contributed by atoms with E-state index in [0.29, 0.717) is 11.3 Å². The molecule has 0 saturated heterocycles. The van der Waals surface area contributed by atoms with Crippen LogP contribution in [-0.4, -0.2) is 4.98 Å². The van der Waals surface area contributed by atoms with Crippen molar-refractivity contribution in [2.24, 2.45) is 11.3 Å². The normalized spacial score (nSPS) is 14.0. The molecule has 1 N–H and O–H groups in total. The number of H-pyrrole nitrogens is 1. The van der Waals surface area contributed by atoms with Gasteiger partial charge in [0.25, 0.3) is 0 Å². The standard InChI is InChI=1S/C17H24FN/c1-11(17(3,4)5)6-8-14-12(2)19-16-9-7-13(18)10-15(14)16/h7,9-11,19H,6,8H2,1-5H3. The number of nitrogens with one attached hydrogen (secondary N) is 1. The molecular formula is C17H24FN. The Morgan fingerprint density at radius 3 is 2.58 bits per heavy atom. The van der Waals surface area contributed by atoms with Crippen LogP contribution in [0.15, 0.2) is 18.2 Å². The van der Waals surface area contributed by atoms with E-state index in [0.717, 1.165) is 23.7 Å². The third-order valence-corrected chi connectivity index (χ3v) is 4.39. The van der Waals surface area contributed by atoms with Gasteiger partial charge in [-0.2, -0.15) is 0 Å². The average molecular weight is 261 g/mol. The minimum absolute atomic E-state index is 0.156. The van der Waals surface area contributed by atoms with E-state index in [1.54, 1.807) is 6.07 Å². The number of halogens is 1. The SMILES string of the molecule is Cc1[nH]c2ccc(F)cc2c1CCC(C)C(C)(C)C. The Morgan fingerprint density at radius 1 is 1.26 bits per heavy atom. The Labute approximate surface area is 115 Å². The molecule has 0 aliphatic rings. The second-order valence-corrected chi connectivity index (χ2v) is 6.72. The third-order valence-electron chi connectivity index (χ3n) is 4.39. The summed E-state index contributed by atoms with van der Waals surface area (Å²) < 4.78 is 13.4. The van der Waals surface area contributed by atoms with Crippen molar-refractivity contribution >= 4 is 10.9 Å². The van der Waals surface area contributed by atoms with Crippen LogP contribution in [0.3, 0.4) is 0 Å². The van der Waals surface area contributed by atoms with Gasteiger partial charge in [0, 0.05) is 16.6 Å². The lowest BCUT2D eigenvalue weighted by molar-refractivity contribution is 0.247. The molecule has 2 aromatic rings. The van der Waals surface area contributed by atoms with Gasteiger partial charge in [0.15, 0.2) is 0 Å². The summed E-state index contributed by atoms with van der Waals surface area (Å²) in [5.74, 6) is 0.488. The lowest BCUT2D eigenvalue weighted by Crippen LogP contribution is -2.17. The van der Waals surface area contributed by atoms with Gasteiger partial charge in [0.1, 0.15) is 5.82 Å². The summed E-state index contributed by atoms with van der Waals surface area (Å²) >= 11 is 0. The molecule has 0 amide bonds. The summed E-state index contributed by atoms with van der Waals surface area (Å²) in [6.45, 7) is 11.2. The van der Waals surface area contributed by atoms with E-state index in [2.05, 4.69) is 39.6 Å². The summed E-state index contributed by atoms with van der Waals surface area (Å²) in [5, 5.41) is 1.04. The second-order valence-electron chi connectivity index (χ2n) is 6.72. The van der Waals surface area contributed by atoms with Gasteiger partial charge in [-0.05, 0) is 54.9 Å². The smallest absolute Gasteiger partial charge is 0.123 e. The van der Waals surface area contributed by atoms with E-state index in [-0.39, 0.29) is 5.82 Å². The lowest BCUT2D eigenvalue weighted by Gasteiger charge is -2.27. The first-order chi connectivity index (χ1) is 8.79. The molecule has 0 bridgehead atoms.